The fourth-order valence-electron chi connectivity index (χ4n) is 2.82. The van der Waals surface area contributed by atoms with Gasteiger partial charge in [0.2, 0.25) is 0 Å². The third-order valence-corrected chi connectivity index (χ3v) is 3.97. The van der Waals surface area contributed by atoms with Crippen molar-refractivity contribution >= 4 is 0 Å². The van der Waals surface area contributed by atoms with E-state index in [-0.39, 0.29) is 18.3 Å². The summed E-state index contributed by atoms with van der Waals surface area (Å²) in [6.45, 7) is 5.09. The second-order valence-corrected chi connectivity index (χ2v) is 6.11. The third-order valence-electron chi connectivity index (χ3n) is 3.97. The summed E-state index contributed by atoms with van der Waals surface area (Å²) in [5.74, 6) is 0.972. The van der Waals surface area contributed by atoms with E-state index in [2.05, 4.69) is 24.1 Å². The SMILES string of the molecule is CC1CC(Oc2ccncc2CNC2CC2)CC(C)O1. The first-order valence-corrected chi connectivity index (χ1v) is 7.69. The van der Waals surface area contributed by atoms with Crippen LogP contribution in [0.3, 0.4) is 0 Å². The Hall–Kier alpha value is -1.13. The van der Waals surface area contributed by atoms with E-state index < -0.39 is 0 Å². The molecule has 2 fully saturated rings. The minimum Gasteiger partial charge on any atom is -0.490 e. The highest BCUT2D eigenvalue weighted by atomic mass is 16.5. The average molecular weight is 276 g/mol. The first-order valence-electron chi connectivity index (χ1n) is 7.69. The molecule has 1 saturated heterocycles. The first-order chi connectivity index (χ1) is 9.70. The zero-order valence-electron chi connectivity index (χ0n) is 12.3. The van der Waals surface area contributed by atoms with E-state index in [9.17, 15) is 0 Å². The lowest BCUT2D eigenvalue weighted by molar-refractivity contribution is -0.0723. The summed E-state index contributed by atoms with van der Waals surface area (Å²) in [6.07, 6.45) is 9.04. The predicted octanol–water partition coefficient (Wildman–Crippen LogP) is 2.67. The lowest BCUT2D eigenvalue weighted by atomic mass is 10.0. The second-order valence-electron chi connectivity index (χ2n) is 6.11. The molecule has 110 valence electrons. The molecule has 1 aromatic rings. The molecule has 0 aromatic carbocycles. The van der Waals surface area contributed by atoms with Gasteiger partial charge < -0.3 is 14.8 Å². The molecule has 3 rings (SSSR count). The zero-order chi connectivity index (χ0) is 13.9. The third kappa shape index (κ3) is 3.70. The van der Waals surface area contributed by atoms with Crippen molar-refractivity contribution in [2.24, 2.45) is 0 Å². The van der Waals surface area contributed by atoms with Gasteiger partial charge in [-0.1, -0.05) is 0 Å². The van der Waals surface area contributed by atoms with Gasteiger partial charge >= 0.3 is 0 Å². The molecule has 4 nitrogen and oxygen atoms in total. The molecule has 1 N–H and O–H groups in total. The van der Waals surface area contributed by atoms with Crippen LogP contribution in [0.1, 0.15) is 45.1 Å². The Labute approximate surface area is 120 Å². The molecule has 0 bridgehead atoms. The lowest BCUT2D eigenvalue weighted by Gasteiger charge is -2.32. The summed E-state index contributed by atoms with van der Waals surface area (Å²) in [5.41, 5.74) is 1.16. The van der Waals surface area contributed by atoms with Crippen LogP contribution in [0.4, 0.5) is 0 Å². The van der Waals surface area contributed by atoms with Crippen LogP contribution in [0.2, 0.25) is 0 Å². The minimum atomic E-state index is 0.246. The smallest absolute Gasteiger partial charge is 0.127 e. The maximum Gasteiger partial charge on any atom is 0.127 e. The molecule has 0 amide bonds. The largest absolute Gasteiger partial charge is 0.490 e. The molecule has 4 heteroatoms. The summed E-state index contributed by atoms with van der Waals surface area (Å²) in [7, 11) is 0. The van der Waals surface area contributed by atoms with Crippen LogP contribution in [0.25, 0.3) is 0 Å². The zero-order valence-corrected chi connectivity index (χ0v) is 12.3. The average Bonchev–Trinajstić information content (AvgIpc) is 3.20. The minimum absolute atomic E-state index is 0.246. The molecule has 1 saturated carbocycles. The van der Waals surface area contributed by atoms with Gasteiger partial charge in [0, 0.05) is 43.4 Å². The highest BCUT2D eigenvalue weighted by Gasteiger charge is 2.26. The summed E-state index contributed by atoms with van der Waals surface area (Å²) < 4.78 is 12.0. The molecule has 2 aliphatic rings. The highest BCUT2D eigenvalue weighted by molar-refractivity contribution is 5.30. The van der Waals surface area contributed by atoms with Gasteiger partial charge in [0.25, 0.3) is 0 Å². The predicted molar refractivity (Wildman–Crippen MR) is 77.8 cm³/mol. The number of rotatable bonds is 5. The second kappa shape index (κ2) is 6.10. The topological polar surface area (TPSA) is 43.4 Å². The quantitative estimate of drug-likeness (QED) is 0.898. The van der Waals surface area contributed by atoms with Crippen molar-refractivity contribution in [2.45, 2.75) is 70.4 Å². The Morgan fingerprint density at radius 1 is 1.30 bits per heavy atom. The van der Waals surface area contributed by atoms with Crippen LogP contribution >= 0.6 is 0 Å². The van der Waals surface area contributed by atoms with Gasteiger partial charge in [-0.15, -0.1) is 0 Å². The van der Waals surface area contributed by atoms with Crippen molar-refractivity contribution in [3.05, 3.63) is 24.0 Å². The van der Waals surface area contributed by atoms with E-state index in [4.69, 9.17) is 9.47 Å². The monoisotopic (exact) mass is 276 g/mol. The standard InChI is InChI=1S/C16H24N2O2/c1-11-7-15(8-12(2)19-11)20-16-5-6-17-9-13(16)10-18-14-3-4-14/h5-6,9,11-12,14-15,18H,3-4,7-8,10H2,1-2H3. The first kappa shape index (κ1) is 13.8. The van der Waals surface area contributed by atoms with Gasteiger partial charge in [-0.3, -0.25) is 4.98 Å². The fraction of sp³-hybridized carbons (Fsp3) is 0.688. The van der Waals surface area contributed by atoms with Gasteiger partial charge in [0.1, 0.15) is 11.9 Å². The molecule has 0 spiro atoms. The molecule has 1 aliphatic heterocycles. The molecular formula is C16H24N2O2. The maximum absolute atomic E-state index is 6.22. The number of aromatic nitrogens is 1. The Bertz CT molecular complexity index is 438. The van der Waals surface area contributed by atoms with Gasteiger partial charge in [-0.05, 0) is 32.8 Å². The summed E-state index contributed by atoms with van der Waals surface area (Å²) in [6, 6.07) is 2.68. The van der Waals surface area contributed by atoms with Crippen LogP contribution in [0.15, 0.2) is 18.5 Å². The normalized spacial score (nSPS) is 30.2. The van der Waals surface area contributed by atoms with Crippen molar-refractivity contribution in [1.82, 2.24) is 10.3 Å². The van der Waals surface area contributed by atoms with E-state index in [0.29, 0.717) is 6.04 Å². The van der Waals surface area contributed by atoms with Gasteiger partial charge in [-0.2, -0.15) is 0 Å². The number of nitrogens with one attached hydrogen (secondary N) is 1. The summed E-state index contributed by atoms with van der Waals surface area (Å²) in [5, 5.41) is 3.52. The number of pyridine rings is 1. The highest BCUT2D eigenvalue weighted by Crippen LogP contribution is 2.27. The molecule has 2 unspecified atom stereocenters. The van der Waals surface area contributed by atoms with Crippen molar-refractivity contribution in [2.75, 3.05) is 0 Å². The number of nitrogens with zero attached hydrogens (tertiary/aromatic N) is 1. The molecule has 0 radical (unpaired) electrons. The molecule has 1 aromatic heterocycles. The fourth-order valence-corrected chi connectivity index (χ4v) is 2.82. The van der Waals surface area contributed by atoms with Gasteiger partial charge in [0.05, 0.1) is 12.2 Å². The van der Waals surface area contributed by atoms with E-state index >= 15 is 0 Å². The maximum atomic E-state index is 6.22. The Kier molecular flexibility index (Phi) is 4.22. The van der Waals surface area contributed by atoms with Crippen LogP contribution < -0.4 is 10.1 Å². The van der Waals surface area contributed by atoms with E-state index in [1.807, 2.05) is 18.5 Å². The van der Waals surface area contributed by atoms with Gasteiger partial charge in [0.15, 0.2) is 0 Å². The van der Waals surface area contributed by atoms with Crippen LogP contribution in [-0.4, -0.2) is 29.3 Å². The van der Waals surface area contributed by atoms with Gasteiger partial charge in [-0.25, -0.2) is 0 Å². The van der Waals surface area contributed by atoms with Crippen molar-refractivity contribution in [1.29, 1.82) is 0 Å². The Morgan fingerprint density at radius 3 is 2.75 bits per heavy atom. The van der Waals surface area contributed by atoms with E-state index in [1.165, 1.54) is 12.8 Å². The van der Waals surface area contributed by atoms with Crippen LogP contribution in [0.5, 0.6) is 5.75 Å². The molecule has 2 atom stereocenters. The summed E-state index contributed by atoms with van der Waals surface area (Å²) >= 11 is 0. The molecule has 1 aliphatic carbocycles. The Morgan fingerprint density at radius 2 is 2.05 bits per heavy atom. The van der Waals surface area contributed by atoms with E-state index in [0.717, 1.165) is 30.7 Å². The Balaban J connectivity index is 1.63. The molecule has 20 heavy (non-hydrogen) atoms. The van der Waals surface area contributed by atoms with E-state index in [1.54, 1.807) is 0 Å². The van der Waals surface area contributed by atoms with Crippen molar-refractivity contribution < 1.29 is 9.47 Å². The van der Waals surface area contributed by atoms with Crippen molar-refractivity contribution in [3.63, 3.8) is 0 Å². The molecule has 2 heterocycles. The molecular weight excluding hydrogens is 252 g/mol. The lowest BCUT2D eigenvalue weighted by Crippen LogP contribution is -2.36. The number of ether oxygens (including phenoxy) is 2. The number of hydrogen-bond donors (Lipinski definition) is 1. The van der Waals surface area contributed by atoms with Crippen molar-refractivity contribution in [3.8, 4) is 5.75 Å². The van der Waals surface area contributed by atoms with Crippen LogP contribution in [-0.2, 0) is 11.3 Å². The van der Waals surface area contributed by atoms with Crippen LogP contribution in [0, 0.1) is 0 Å². The summed E-state index contributed by atoms with van der Waals surface area (Å²) in [4.78, 5) is 4.22. The number of hydrogen-bond acceptors (Lipinski definition) is 4.